The lowest BCUT2D eigenvalue weighted by atomic mass is 9.89. The number of benzene rings is 3. The number of halogens is 2. The molecule has 3 saturated heterocycles. The summed E-state index contributed by atoms with van der Waals surface area (Å²) in [5.41, 5.74) is 0.294. The molecule has 0 amide bonds. The van der Waals surface area contributed by atoms with Gasteiger partial charge in [0.2, 0.25) is 5.95 Å². The first kappa shape index (κ1) is 26.3. The molecule has 214 valence electrons. The van der Waals surface area contributed by atoms with E-state index in [1.807, 2.05) is 24.3 Å². The van der Waals surface area contributed by atoms with Crippen molar-refractivity contribution in [1.82, 2.24) is 20.6 Å². The molecule has 1 aromatic heterocycles. The van der Waals surface area contributed by atoms with Crippen LogP contribution in [0.3, 0.4) is 0 Å². The van der Waals surface area contributed by atoms with Gasteiger partial charge in [-0.25, -0.2) is 13.8 Å². The average Bonchev–Trinajstić information content (AvgIpc) is 3.46. The Labute approximate surface area is 238 Å². The maximum absolute atomic E-state index is 16.7. The number of piperazine rings is 1. The lowest BCUT2D eigenvalue weighted by Gasteiger charge is -2.48. The largest absolute Gasteiger partial charge is 0.508 e. The summed E-state index contributed by atoms with van der Waals surface area (Å²) in [5, 5.41) is 19.5. The minimum atomic E-state index is -0.732. The normalized spacial score (nSPS) is 22.1. The van der Waals surface area contributed by atoms with Crippen LogP contribution in [0.15, 0.2) is 42.5 Å². The lowest BCUT2D eigenvalue weighted by molar-refractivity contribution is 0.291. The number of aromatic hydroxyl groups is 1. The first-order valence-corrected chi connectivity index (χ1v) is 14.8. The number of nitrogens with zero attached hydrogens (tertiary/aromatic N) is 4. The zero-order chi connectivity index (χ0) is 28.3. The van der Waals surface area contributed by atoms with E-state index >= 15 is 8.78 Å². The van der Waals surface area contributed by atoms with Crippen molar-refractivity contribution in [3.05, 3.63) is 54.1 Å². The van der Waals surface area contributed by atoms with Gasteiger partial charge < -0.3 is 25.5 Å². The number of hydrogen-bond donors (Lipinski definition) is 3. The number of fused-ring (bicyclic) bond motifs is 2. The van der Waals surface area contributed by atoms with Gasteiger partial charge >= 0.3 is 0 Å². The Balaban J connectivity index is 1.42. The van der Waals surface area contributed by atoms with Crippen LogP contribution in [-0.4, -0.2) is 65.4 Å². The third-order valence-corrected chi connectivity index (χ3v) is 9.21. The summed E-state index contributed by atoms with van der Waals surface area (Å²) in [7, 11) is 0. The highest BCUT2D eigenvalue weighted by Crippen LogP contribution is 2.41. The number of phenolic OH excluding ortho intramolecular Hbond substituents is 1. The van der Waals surface area contributed by atoms with E-state index in [4.69, 9.17) is 9.97 Å². The van der Waals surface area contributed by atoms with Crippen LogP contribution in [-0.2, 0) is 0 Å². The molecule has 2 unspecified atom stereocenters. The van der Waals surface area contributed by atoms with Gasteiger partial charge in [0.05, 0.1) is 11.1 Å². The molecule has 3 aromatic carbocycles. The van der Waals surface area contributed by atoms with Crippen molar-refractivity contribution in [3.63, 3.8) is 0 Å². The number of hydrogen-bond acceptors (Lipinski definition) is 7. The van der Waals surface area contributed by atoms with Crippen LogP contribution in [0.1, 0.15) is 39.5 Å². The molecule has 0 radical (unpaired) electrons. The van der Waals surface area contributed by atoms with E-state index in [1.54, 1.807) is 6.07 Å². The molecule has 2 atom stereocenters. The standard InChI is InChI=1S/C32H36F2N6O/c1-3-20-15-39(16-21(4-2)36-20)30-25-14-26(33)27(24-13-22(41)12-19-8-5-6-9-23(19)24)28(34)29(25)37-31(38-30)40-17-32(18-40)10-7-11-35-32/h5-6,8-9,12-14,20-21,35-36,41H,3-4,7,10-11,15-18H2,1-2H3. The van der Waals surface area contributed by atoms with E-state index in [0.717, 1.165) is 45.3 Å². The third-order valence-electron chi connectivity index (χ3n) is 9.21. The third kappa shape index (κ3) is 4.46. The smallest absolute Gasteiger partial charge is 0.228 e. The molecule has 3 aliphatic heterocycles. The molecule has 4 heterocycles. The molecular formula is C32H36F2N6O. The molecular weight excluding hydrogens is 522 g/mol. The van der Waals surface area contributed by atoms with Crippen LogP contribution in [0.5, 0.6) is 5.75 Å². The minimum Gasteiger partial charge on any atom is -0.508 e. The zero-order valence-electron chi connectivity index (χ0n) is 23.6. The Bertz CT molecular complexity index is 1620. The van der Waals surface area contributed by atoms with Crippen LogP contribution >= 0.6 is 0 Å². The highest BCUT2D eigenvalue weighted by atomic mass is 19.1. The van der Waals surface area contributed by atoms with E-state index < -0.39 is 11.6 Å². The van der Waals surface area contributed by atoms with Crippen molar-refractivity contribution in [2.75, 3.05) is 42.5 Å². The number of nitrogens with one attached hydrogen (secondary N) is 2. The van der Waals surface area contributed by atoms with Crippen molar-refractivity contribution >= 4 is 33.4 Å². The average molecular weight is 559 g/mol. The Morgan fingerprint density at radius 3 is 2.44 bits per heavy atom. The van der Waals surface area contributed by atoms with Gasteiger partial charge in [0.1, 0.15) is 22.9 Å². The Kier molecular flexibility index (Phi) is 6.47. The molecule has 7 rings (SSSR count). The van der Waals surface area contributed by atoms with Crippen LogP contribution < -0.4 is 20.4 Å². The highest BCUT2D eigenvalue weighted by Gasteiger charge is 2.46. The molecule has 41 heavy (non-hydrogen) atoms. The van der Waals surface area contributed by atoms with Crippen molar-refractivity contribution in [1.29, 1.82) is 0 Å². The molecule has 3 fully saturated rings. The van der Waals surface area contributed by atoms with Crippen LogP contribution in [0.25, 0.3) is 32.8 Å². The van der Waals surface area contributed by atoms with E-state index in [9.17, 15) is 5.11 Å². The second-order valence-corrected chi connectivity index (χ2v) is 12.0. The van der Waals surface area contributed by atoms with Gasteiger partial charge in [0.25, 0.3) is 0 Å². The molecule has 0 aliphatic carbocycles. The second-order valence-electron chi connectivity index (χ2n) is 12.0. The van der Waals surface area contributed by atoms with Gasteiger partial charge in [-0.15, -0.1) is 0 Å². The predicted octanol–water partition coefficient (Wildman–Crippen LogP) is 5.34. The fourth-order valence-corrected chi connectivity index (χ4v) is 6.98. The van der Waals surface area contributed by atoms with Gasteiger partial charge in [0.15, 0.2) is 5.82 Å². The molecule has 0 bridgehead atoms. The SMILES string of the molecule is CCC1CN(c2nc(N3CC4(CCCN4)C3)nc3c(F)c(-c4cc(O)cc5ccccc45)c(F)cc23)CC(CC)N1. The van der Waals surface area contributed by atoms with Gasteiger partial charge in [-0.2, -0.15) is 4.98 Å². The minimum absolute atomic E-state index is 0.0476. The highest BCUT2D eigenvalue weighted by molar-refractivity contribution is 6.01. The Hall–Kier alpha value is -3.56. The van der Waals surface area contributed by atoms with Crippen molar-refractivity contribution in [3.8, 4) is 16.9 Å². The van der Waals surface area contributed by atoms with E-state index in [0.29, 0.717) is 46.6 Å². The summed E-state index contributed by atoms with van der Waals surface area (Å²) in [6, 6.07) is 12.2. The molecule has 3 N–H and O–H groups in total. The lowest BCUT2D eigenvalue weighted by Crippen LogP contribution is -2.67. The molecule has 7 nitrogen and oxygen atoms in total. The monoisotopic (exact) mass is 558 g/mol. The summed E-state index contributed by atoms with van der Waals surface area (Å²) >= 11 is 0. The first-order chi connectivity index (χ1) is 19.9. The number of aromatic nitrogens is 2. The second kappa shape index (κ2) is 10.1. The summed E-state index contributed by atoms with van der Waals surface area (Å²) in [6.07, 6.45) is 4.14. The van der Waals surface area contributed by atoms with Crippen LogP contribution in [0.4, 0.5) is 20.5 Å². The van der Waals surface area contributed by atoms with Crippen molar-refractivity contribution in [2.45, 2.75) is 57.2 Å². The molecule has 1 spiro atoms. The van der Waals surface area contributed by atoms with Crippen LogP contribution in [0.2, 0.25) is 0 Å². The van der Waals surface area contributed by atoms with Crippen LogP contribution in [0, 0.1) is 11.6 Å². The molecule has 0 saturated carbocycles. The van der Waals surface area contributed by atoms with E-state index in [2.05, 4.69) is 34.3 Å². The van der Waals surface area contributed by atoms with Gasteiger partial charge in [-0.05, 0) is 66.8 Å². The maximum atomic E-state index is 16.7. The van der Waals surface area contributed by atoms with E-state index in [-0.39, 0.29) is 34.5 Å². The quantitative estimate of drug-likeness (QED) is 0.305. The number of anilines is 2. The fraction of sp³-hybridized carbons (Fsp3) is 0.438. The molecule has 9 heteroatoms. The number of rotatable bonds is 5. The summed E-state index contributed by atoms with van der Waals surface area (Å²) < 4.78 is 32.8. The predicted molar refractivity (Wildman–Crippen MR) is 160 cm³/mol. The Morgan fingerprint density at radius 2 is 1.73 bits per heavy atom. The van der Waals surface area contributed by atoms with Crippen molar-refractivity contribution in [2.24, 2.45) is 0 Å². The van der Waals surface area contributed by atoms with Gasteiger partial charge in [0, 0.05) is 43.6 Å². The Morgan fingerprint density at radius 1 is 0.976 bits per heavy atom. The van der Waals surface area contributed by atoms with Crippen molar-refractivity contribution < 1.29 is 13.9 Å². The topological polar surface area (TPSA) is 76.6 Å². The summed E-state index contributed by atoms with van der Waals surface area (Å²) in [6.45, 7) is 8.24. The fourth-order valence-electron chi connectivity index (χ4n) is 6.98. The van der Waals surface area contributed by atoms with Gasteiger partial charge in [-0.1, -0.05) is 38.1 Å². The maximum Gasteiger partial charge on any atom is 0.228 e. The number of phenols is 1. The summed E-state index contributed by atoms with van der Waals surface area (Å²) in [4.78, 5) is 14.0. The first-order valence-electron chi connectivity index (χ1n) is 14.8. The zero-order valence-corrected chi connectivity index (χ0v) is 23.6. The molecule has 3 aliphatic rings. The van der Waals surface area contributed by atoms with E-state index in [1.165, 1.54) is 12.1 Å². The van der Waals surface area contributed by atoms with Gasteiger partial charge in [-0.3, -0.25) is 0 Å². The summed E-state index contributed by atoms with van der Waals surface area (Å²) in [5.74, 6) is -0.425. The molecule has 4 aromatic rings.